The van der Waals surface area contributed by atoms with Crippen molar-refractivity contribution in [1.82, 2.24) is 4.90 Å². The van der Waals surface area contributed by atoms with E-state index in [1.165, 1.54) is 19.3 Å². The van der Waals surface area contributed by atoms with Gasteiger partial charge in [0.05, 0.1) is 6.54 Å². The summed E-state index contributed by atoms with van der Waals surface area (Å²) in [4.78, 5) is 13.3. The average Bonchev–Trinajstić information content (AvgIpc) is 2.70. The van der Waals surface area contributed by atoms with Gasteiger partial charge in [-0.1, -0.05) is 0 Å². The number of hydrogen-bond donors (Lipinski definition) is 1. The maximum absolute atomic E-state index is 11.3. The first-order valence-corrected chi connectivity index (χ1v) is 4.66. The maximum Gasteiger partial charge on any atom is 0.236 e. The molecule has 2 N–H and O–H groups in total. The van der Waals surface area contributed by atoms with Crippen LogP contribution in [0.2, 0.25) is 0 Å². The van der Waals surface area contributed by atoms with Crippen LogP contribution < -0.4 is 5.73 Å². The predicted molar refractivity (Wildman–Crippen MR) is 46.5 cm³/mol. The Kier molecular flexibility index (Phi) is 1.65. The van der Waals surface area contributed by atoms with E-state index in [1.54, 1.807) is 0 Å². The third-order valence-corrected chi connectivity index (χ3v) is 3.22. The molecule has 0 aromatic carbocycles. The maximum atomic E-state index is 11.3. The molecular weight excluding hydrogens is 152 g/mol. The number of likely N-dealkylation sites (tertiary alicyclic amines) is 1. The van der Waals surface area contributed by atoms with Crippen LogP contribution in [0.3, 0.4) is 0 Å². The normalized spacial score (nSPS) is 31.2. The Morgan fingerprint density at radius 3 is 2.75 bits per heavy atom. The molecule has 1 unspecified atom stereocenters. The molecule has 0 aromatic rings. The van der Waals surface area contributed by atoms with Gasteiger partial charge in [0.2, 0.25) is 5.91 Å². The molecule has 0 aromatic heterocycles. The SMILES string of the molecule is CC1CC2(CC2)CN1C(=O)CN. The van der Waals surface area contributed by atoms with Gasteiger partial charge in [-0.25, -0.2) is 0 Å². The summed E-state index contributed by atoms with van der Waals surface area (Å²) in [7, 11) is 0. The lowest BCUT2D eigenvalue weighted by Crippen LogP contribution is -2.38. The van der Waals surface area contributed by atoms with E-state index in [2.05, 4.69) is 6.92 Å². The lowest BCUT2D eigenvalue weighted by Gasteiger charge is -2.20. The molecule has 1 aliphatic carbocycles. The van der Waals surface area contributed by atoms with Crippen molar-refractivity contribution in [2.75, 3.05) is 13.1 Å². The van der Waals surface area contributed by atoms with Crippen LogP contribution in [0, 0.1) is 5.41 Å². The van der Waals surface area contributed by atoms with E-state index in [0.29, 0.717) is 11.5 Å². The molecule has 3 heteroatoms. The van der Waals surface area contributed by atoms with Crippen LogP contribution in [0.15, 0.2) is 0 Å². The molecule has 1 saturated carbocycles. The molecule has 3 nitrogen and oxygen atoms in total. The monoisotopic (exact) mass is 168 g/mol. The minimum atomic E-state index is 0.117. The highest BCUT2D eigenvalue weighted by Crippen LogP contribution is 2.54. The molecular formula is C9H16N2O. The molecule has 12 heavy (non-hydrogen) atoms. The molecule has 2 aliphatic rings. The molecule has 2 fully saturated rings. The minimum absolute atomic E-state index is 0.117. The second-order valence-corrected chi connectivity index (χ2v) is 4.28. The zero-order chi connectivity index (χ0) is 8.77. The molecule has 1 saturated heterocycles. The Balaban J connectivity index is 2.03. The van der Waals surface area contributed by atoms with Crippen molar-refractivity contribution in [3.05, 3.63) is 0 Å². The van der Waals surface area contributed by atoms with Gasteiger partial charge < -0.3 is 10.6 Å². The summed E-state index contributed by atoms with van der Waals surface area (Å²) >= 11 is 0. The van der Waals surface area contributed by atoms with E-state index in [9.17, 15) is 4.79 Å². The zero-order valence-corrected chi connectivity index (χ0v) is 7.55. The van der Waals surface area contributed by atoms with E-state index in [1.807, 2.05) is 4.90 Å². The molecule has 68 valence electrons. The first-order valence-electron chi connectivity index (χ1n) is 4.66. The second-order valence-electron chi connectivity index (χ2n) is 4.28. The van der Waals surface area contributed by atoms with Gasteiger partial charge in [-0.3, -0.25) is 4.79 Å². The van der Waals surface area contributed by atoms with Crippen molar-refractivity contribution < 1.29 is 4.79 Å². The van der Waals surface area contributed by atoms with Crippen LogP contribution in [0.4, 0.5) is 0 Å². The third-order valence-electron chi connectivity index (χ3n) is 3.22. The fourth-order valence-corrected chi connectivity index (χ4v) is 2.31. The van der Waals surface area contributed by atoms with Crippen molar-refractivity contribution in [3.8, 4) is 0 Å². The van der Waals surface area contributed by atoms with E-state index in [4.69, 9.17) is 5.73 Å². The number of hydrogen-bond acceptors (Lipinski definition) is 2. The summed E-state index contributed by atoms with van der Waals surface area (Å²) in [5, 5.41) is 0. The lowest BCUT2D eigenvalue weighted by molar-refractivity contribution is -0.130. The van der Waals surface area contributed by atoms with Gasteiger partial charge in [0.15, 0.2) is 0 Å². The van der Waals surface area contributed by atoms with Crippen molar-refractivity contribution in [2.24, 2.45) is 11.1 Å². The highest BCUT2D eigenvalue weighted by molar-refractivity contribution is 5.78. The molecule has 1 atom stereocenters. The van der Waals surface area contributed by atoms with Gasteiger partial charge in [0, 0.05) is 12.6 Å². The van der Waals surface area contributed by atoms with Crippen LogP contribution in [0.5, 0.6) is 0 Å². The molecule has 1 aliphatic heterocycles. The van der Waals surface area contributed by atoms with Crippen molar-refractivity contribution in [1.29, 1.82) is 0 Å². The van der Waals surface area contributed by atoms with E-state index < -0.39 is 0 Å². The largest absolute Gasteiger partial charge is 0.338 e. The Bertz CT molecular complexity index is 211. The number of amides is 1. The number of carbonyl (C=O) groups is 1. The van der Waals surface area contributed by atoms with E-state index in [-0.39, 0.29) is 12.5 Å². The second kappa shape index (κ2) is 2.46. The molecule has 1 heterocycles. The summed E-state index contributed by atoms with van der Waals surface area (Å²) in [6, 6.07) is 0.420. The van der Waals surface area contributed by atoms with Gasteiger partial charge in [-0.05, 0) is 31.6 Å². The zero-order valence-electron chi connectivity index (χ0n) is 7.55. The lowest BCUT2D eigenvalue weighted by atomic mass is 10.0. The van der Waals surface area contributed by atoms with Gasteiger partial charge in [-0.2, -0.15) is 0 Å². The minimum Gasteiger partial charge on any atom is -0.338 e. The molecule has 2 rings (SSSR count). The number of nitrogens with zero attached hydrogens (tertiary/aromatic N) is 1. The van der Waals surface area contributed by atoms with Crippen LogP contribution in [-0.4, -0.2) is 29.9 Å². The quantitative estimate of drug-likeness (QED) is 0.614. The predicted octanol–water partition coefficient (Wildman–Crippen LogP) is 0.346. The van der Waals surface area contributed by atoms with E-state index in [0.717, 1.165) is 6.54 Å². The number of rotatable bonds is 1. The summed E-state index contributed by atoms with van der Waals surface area (Å²) in [6.45, 7) is 3.26. The standard InChI is InChI=1S/C9H16N2O/c1-7-4-9(2-3-9)6-11(7)8(12)5-10/h7H,2-6,10H2,1H3. The average molecular weight is 168 g/mol. The van der Waals surface area contributed by atoms with Crippen LogP contribution in [0.1, 0.15) is 26.2 Å². The van der Waals surface area contributed by atoms with Crippen molar-refractivity contribution in [3.63, 3.8) is 0 Å². The van der Waals surface area contributed by atoms with Gasteiger partial charge in [0.25, 0.3) is 0 Å². The van der Waals surface area contributed by atoms with E-state index >= 15 is 0 Å². The first-order chi connectivity index (χ1) is 5.67. The number of carbonyl (C=O) groups excluding carboxylic acids is 1. The smallest absolute Gasteiger partial charge is 0.236 e. The highest BCUT2D eigenvalue weighted by Gasteiger charge is 2.51. The first kappa shape index (κ1) is 8.05. The molecule has 1 spiro atoms. The summed E-state index contributed by atoms with van der Waals surface area (Å²) in [5.74, 6) is 0.117. The summed E-state index contributed by atoms with van der Waals surface area (Å²) in [5.41, 5.74) is 5.85. The van der Waals surface area contributed by atoms with Gasteiger partial charge >= 0.3 is 0 Å². The van der Waals surface area contributed by atoms with Crippen LogP contribution in [-0.2, 0) is 4.79 Å². The Hall–Kier alpha value is -0.570. The molecule has 0 radical (unpaired) electrons. The van der Waals surface area contributed by atoms with Gasteiger partial charge in [-0.15, -0.1) is 0 Å². The topological polar surface area (TPSA) is 46.3 Å². The number of nitrogens with two attached hydrogens (primary N) is 1. The van der Waals surface area contributed by atoms with Crippen LogP contribution in [0.25, 0.3) is 0 Å². The third kappa shape index (κ3) is 1.12. The molecule has 0 bridgehead atoms. The van der Waals surface area contributed by atoms with Crippen LogP contribution >= 0.6 is 0 Å². The van der Waals surface area contributed by atoms with Crippen molar-refractivity contribution in [2.45, 2.75) is 32.2 Å². The summed E-state index contributed by atoms with van der Waals surface area (Å²) < 4.78 is 0. The Labute approximate surface area is 72.9 Å². The molecule has 1 amide bonds. The Morgan fingerprint density at radius 1 is 1.67 bits per heavy atom. The highest BCUT2D eigenvalue weighted by atomic mass is 16.2. The fourth-order valence-electron chi connectivity index (χ4n) is 2.31. The fraction of sp³-hybridized carbons (Fsp3) is 0.889. The van der Waals surface area contributed by atoms with Crippen molar-refractivity contribution >= 4 is 5.91 Å². The van der Waals surface area contributed by atoms with Gasteiger partial charge in [0.1, 0.15) is 0 Å². The summed E-state index contributed by atoms with van der Waals surface area (Å²) in [6.07, 6.45) is 3.82. The Morgan fingerprint density at radius 2 is 2.33 bits per heavy atom.